The highest BCUT2D eigenvalue weighted by Gasteiger charge is 2.17. The first-order valence-corrected chi connectivity index (χ1v) is 9.45. The molecule has 0 aliphatic carbocycles. The van der Waals surface area contributed by atoms with Gasteiger partial charge in [-0.05, 0) is 33.2 Å². The molecule has 0 fully saturated rings. The van der Waals surface area contributed by atoms with Crippen LogP contribution >= 0.6 is 11.3 Å². The molecule has 0 saturated heterocycles. The van der Waals surface area contributed by atoms with Crippen LogP contribution in [0.25, 0.3) is 10.6 Å². The number of hydrogen-bond acceptors (Lipinski definition) is 4. The van der Waals surface area contributed by atoms with Crippen LogP contribution in [-0.4, -0.2) is 17.4 Å². The summed E-state index contributed by atoms with van der Waals surface area (Å²) in [6.07, 6.45) is 4.72. The van der Waals surface area contributed by atoms with Gasteiger partial charge in [-0.1, -0.05) is 43.2 Å². The monoisotopic (exact) mass is 345 g/mol. The minimum absolute atomic E-state index is 0.00324. The lowest BCUT2D eigenvalue weighted by atomic mass is 10.1. The number of benzene rings is 1. The molecule has 0 bridgehead atoms. The van der Waals surface area contributed by atoms with Gasteiger partial charge in [0.05, 0.1) is 16.6 Å². The Morgan fingerprint density at radius 1 is 1.21 bits per heavy atom. The highest BCUT2D eigenvalue weighted by atomic mass is 32.1. The Morgan fingerprint density at radius 2 is 1.92 bits per heavy atom. The normalized spacial score (nSPS) is 12.1. The van der Waals surface area contributed by atoms with Crippen LogP contribution in [0.1, 0.15) is 55.6 Å². The smallest absolute Gasteiger partial charge is 0.220 e. The molecule has 2 aromatic rings. The Hall–Kier alpha value is -1.72. The number of carbonyl (C=O) groups excluding carboxylic acids is 1. The summed E-state index contributed by atoms with van der Waals surface area (Å²) in [5.74, 6) is 0.115. The average Bonchev–Trinajstić information content (AvgIpc) is 2.97. The number of unbranched alkanes of at least 4 members (excludes halogenated alkanes) is 3. The van der Waals surface area contributed by atoms with Gasteiger partial charge in [-0.25, -0.2) is 4.98 Å². The van der Waals surface area contributed by atoms with E-state index in [9.17, 15) is 4.79 Å². The van der Waals surface area contributed by atoms with Crippen molar-refractivity contribution in [3.05, 3.63) is 40.9 Å². The van der Waals surface area contributed by atoms with E-state index in [1.54, 1.807) is 11.3 Å². The zero-order valence-corrected chi connectivity index (χ0v) is 15.4. The highest BCUT2D eigenvalue weighted by molar-refractivity contribution is 7.15. The van der Waals surface area contributed by atoms with Gasteiger partial charge >= 0.3 is 0 Å². The molecule has 130 valence electrons. The van der Waals surface area contributed by atoms with Crippen LogP contribution in [-0.2, 0) is 4.79 Å². The van der Waals surface area contributed by atoms with Crippen LogP contribution in [0.15, 0.2) is 30.3 Å². The lowest BCUT2D eigenvalue weighted by Crippen LogP contribution is -2.26. The van der Waals surface area contributed by atoms with Crippen LogP contribution in [0.5, 0.6) is 0 Å². The first kappa shape index (κ1) is 18.6. The van der Waals surface area contributed by atoms with Gasteiger partial charge in [-0.3, -0.25) is 4.79 Å². The van der Waals surface area contributed by atoms with E-state index in [4.69, 9.17) is 5.73 Å². The van der Waals surface area contributed by atoms with Crippen LogP contribution in [0, 0.1) is 6.92 Å². The lowest BCUT2D eigenvalue weighted by molar-refractivity contribution is -0.121. The molecule has 1 unspecified atom stereocenters. The van der Waals surface area contributed by atoms with E-state index in [0.29, 0.717) is 6.42 Å². The summed E-state index contributed by atoms with van der Waals surface area (Å²) >= 11 is 1.66. The largest absolute Gasteiger partial charge is 0.349 e. The summed E-state index contributed by atoms with van der Waals surface area (Å²) in [7, 11) is 0. The zero-order chi connectivity index (χ0) is 17.4. The number of rotatable bonds is 9. The van der Waals surface area contributed by atoms with Gasteiger partial charge in [0.1, 0.15) is 5.01 Å². The molecule has 0 saturated carbocycles. The van der Waals surface area contributed by atoms with Crippen molar-refractivity contribution in [3.63, 3.8) is 0 Å². The van der Waals surface area contributed by atoms with E-state index < -0.39 is 0 Å². The van der Waals surface area contributed by atoms with Gasteiger partial charge in [0.2, 0.25) is 5.91 Å². The Labute approximate surface area is 148 Å². The van der Waals surface area contributed by atoms with E-state index in [-0.39, 0.29) is 11.9 Å². The molecule has 3 N–H and O–H groups in total. The summed E-state index contributed by atoms with van der Waals surface area (Å²) in [5, 5.41) is 4.11. The van der Waals surface area contributed by atoms with E-state index >= 15 is 0 Å². The number of hydrogen-bond donors (Lipinski definition) is 2. The van der Waals surface area contributed by atoms with Crippen LogP contribution in [0.4, 0.5) is 0 Å². The SMILES string of the molecule is Cc1nc(-c2ccccc2)sc1C(C)NC(=O)CCCCCCN. The topological polar surface area (TPSA) is 68.0 Å². The molecule has 4 nitrogen and oxygen atoms in total. The number of nitrogens with one attached hydrogen (secondary N) is 1. The first-order valence-electron chi connectivity index (χ1n) is 8.64. The third-order valence-electron chi connectivity index (χ3n) is 3.98. The Kier molecular flexibility index (Phi) is 7.40. The van der Waals surface area contributed by atoms with Crippen molar-refractivity contribution < 1.29 is 4.79 Å². The lowest BCUT2D eigenvalue weighted by Gasteiger charge is -2.12. The summed E-state index contributed by atoms with van der Waals surface area (Å²) in [6.45, 7) is 4.77. The minimum atomic E-state index is -0.00324. The second-order valence-corrected chi connectivity index (χ2v) is 7.11. The fourth-order valence-electron chi connectivity index (χ4n) is 2.68. The molecule has 1 amide bonds. The minimum Gasteiger partial charge on any atom is -0.349 e. The van der Waals surface area contributed by atoms with Crippen molar-refractivity contribution in [1.82, 2.24) is 10.3 Å². The molecule has 0 spiro atoms. The highest BCUT2D eigenvalue weighted by Crippen LogP contribution is 2.31. The van der Waals surface area contributed by atoms with Crippen LogP contribution in [0.2, 0.25) is 0 Å². The van der Waals surface area contributed by atoms with E-state index in [2.05, 4.69) is 22.4 Å². The van der Waals surface area contributed by atoms with E-state index in [1.165, 1.54) is 0 Å². The van der Waals surface area contributed by atoms with Gasteiger partial charge in [-0.15, -0.1) is 11.3 Å². The Bertz CT molecular complexity index is 639. The van der Waals surface area contributed by atoms with Gasteiger partial charge in [0.15, 0.2) is 0 Å². The third kappa shape index (κ3) is 5.42. The Morgan fingerprint density at radius 3 is 2.62 bits per heavy atom. The molecule has 1 aromatic heterocycles. The second kappa shape index (κ2) is 9.55. The molecule has 0 aliphatic rings. The van der Waals surface area contributed by atoms with Crippen molar-refractivity contribution in [1.29, 1.82) is 0 Å². The predicted molar refractivity (Wildman–Crippen MR) is 101 cm³/mol. The van der Waals surface area contributed by atoms with Crippen molar-refractivity contribution in [2.24, 2.45) is 5.73 Å². The molecule has 0 radical (unpaired) electrons. The molecule has 24 heavy (non-hydrogen) atoms. The summed E-state index contributed by atoms with van der Waals surface area (Å²) in [6, 6.07) is 10.2. The number of nitrogens with two attached hydrogens (primary N) is 1. The number of aromatic nitrogens is 1. The third-order valence-corrected chi connectivity index (χ3v) is 5.37. The fourth-order valence-corrected chi connectivity index (χ4v) is 3.75. The quantitative estimate of drug-likeness (QED) is 0.669. The van der Waals surface area contributed by atoms with Gasteiger partial charge in [0, 0.05) is 12.0 Å². The summed E-state index contributed by atoms with van der Waals surface area (Å²) in [4.78, 5) is 17.9. The maximum absolute atomic E-state index is 12.1. The number of thiazole rings is 1. The molecule has 5 heteroatoms. The maximum atomic E-state index is 12.1. The number of aryl methyl sites for hydroxylation is 1. The molecule has 2 rings (SSSR count). The van der Waals surface area contributed by atoms with E-state index in [1.807, 2.05) is 32.0 Å². The van der Waals surface area contributed by atoms with Crippen molar-refractivity contribution in [3.8, 4) is 10.6 Å². The summed E-state index contributed by atoms with van der Waals surface area (Å²) in [5.41, 5.74) is 7.59. The number of nitrogens with zero attached hydrogens (tertiary/aromatic N) is 1. The van der Waals surface area contributed by atoms with E-state index in [0.717, 1.165) is 53.4 Å². The van der Waals surface area contributed by atoms with Crippen LogP contribution < -0.4 is 11.1 Å². The predicted octanol–water partition coefficient (Wildman–Crippen LogP) is 4.20. The molecule has 1 atom stereocenters. The summed E-state index contributed by atoms with van der Waals surface area (Å²) < 4.78 is 0. The van der Waals surface area contributed by atoms with Crippen molar-refractivity contribution >= 4 is 17.2 Å². The zero-order valence-electron chi connectivity index (χ0n) is 14.5. The van der Waals surface area contributed by atoms with Gasteiger partial charge < -0.3 is 11.1 Å². The molecule has 1 aromatic carbocycles. The first-order chi connectivity index (χ1) is 11.6. The Balaban J connectivity index is 1.89. The van der Waals surface area contributed by atoms with Gasteiger partial charge in [-0.2, -0.15) is 0 Å². The van der Waals surface area contributed by atoms with Gasteiger partial charge in [0.25, 0.3) is 0 Å². The van der Waals surface area contributed by atoms with Crippen molar-refractivity contribution in [2.75, 3.05) is 6.54 Å². The number of amides is 1. The average molecular weight is 346 g/mol. The van der Waals surface area contributed by atoms with Crippen molar-refractivity contribution in [2.45, 2.75) is 52.0 Å². The van der Waals surface area contributed by atoms with Crippen LogP contribution in [0.3, 0.4) is 0 Å². The molecular formula is C19H27N3OS. The fraction of sp³-hybridized carbons (Fsp3) is 0.474. The second-order valence-electron chi connectivity index (χ2n) is 6.08. The standard InChI is InChI=1S/C19H27N3OS/c1-14(21-17(23)12-8-3-4-9-13-20)18-15(2)22-19(24-18)16-10-6-5-7-11-16/h5-7,10-11,14H,3-4,8-9,12-13,20H2,1-2H3,(H,21,23). The molecular weight excluding hydrogens is 318 g/mol. The molecule has 0 aliphatic heterocycles. The molecule has 1 heterocycles. The maximum Gasteiger partial charge on any atom is 0.220 e. The number of carbonyl (C=O) groups is 1.